The molecule has 0 amide bonds. The Kier molecular flexibility index (Phi) is 3.66. The topological polar surface area (TPSA) is 38.1 Å². The first kappa shape index (κ1) is 16.5. The summed E-state index contributed by atoms with van der Waals surface area (Å²) in [5.41, 5.74) is -3.00. The maximum absolute atomic E-state index is 13.6. The van der Waals surface area contributed by atoms with E-state index in [-0.39, 0.29) is 12.8 Å². The molecule has 23 heavy (non-hydrogen) atoms. The van der Waals surface area contributed by atoms with Crippen LogP contribution in [-0.2, 0) is 12.6 Å². The summed E-state index contributed by atoms with van der Waals surface area (Å²) in [6.07, 6.45) is -13.0. The van der Waals surface area contributed by atoms with Gasteiger partial charge in [-0.1, -0.05) is 0 Å². The molecule has 1 aromatic heterocycles. The SMILES string of the molecule is O[C@H]1c2c(C(F)(F)F)nn([C@@H]3CC[C@H](F)[C@H](F)C3)c2CC1(F)F. The van der Waals surface area contributed by atoms with E-state index in [1.807, 2.05) is 0 Å². The number of alkyl halides is 7. The molecule has 4 atom stereocenters. The Morgan fingerprint density at radius 3 is 2.35 bits per heavy atom. The third kappa shape index (κ3) is 2.60. The zero-order valence-electron chi connectivity index (χ0n) is 11.6. The highest BCUT2D eigenvalue weighted by atomic mass is 19.4. The van der Waals surface area contributed by atoms with E-state index < -0.39 is 66.4 Å². The lowest BCUT2D eigenvalue weighted by Gasteiger charge is -2.28. The van der Waals surface area contributed by atoms with E-state index >= 15 is 0 Å². The average Bonchev–Trinajstić information content (AvgIpc) is 2.89. The van der Waals surface area contributed by atoms with Crippen LogP contribution >= 0.6 is 0 Å². The van der Waals surface area contributed by atoms with Crippen molar-refractivity contribution in [1.82, 2.24) is 9.78 Å². The Morgan fingerprint density at radius 2 is 1.78 bits per heavy atom. The molecule has 1 aromatic rings. The van der Waals surface area contributed by atoms with Gasteiger partial charge in [0.25, 0.3) is 5.92 Å². The van der Waals surface area contributed by atoms with Crippen molar-refractivity contribution in [3.8, 4) is 0 Å². The van der Waals surface area contributed by atoms with Crippen LogP contribution in [0.2, 0.25) is 0 Å². The number of nitrogens with zero attached hydrogens (tertiary/aromatic N) is 2. The number of hydrogen-bond donors (Lipinski definition) is 1. The van der Waals surface area contributed by atoms with Crippen LogP contribution in [0.4, 0.5) is 30.7 Å². The minimum atomic E-state index is -5.02. The van der Waals surface area contributed by atoms with Crippen molar-refractivity contribution < 1.29 is 35.8 Å². The maximum Gasteiger partial charge on any atom is 0.435 e. The van der Waals surface area contributed by atoms with E-state index in [0.717, 1.165) is 0 Å². The summed E-state index contributed by atoms with van der Waals surface area (Å²) in [5.74, 6) is -3.75. The van der Waals surface area contributed by atoms with Crippen LogP contribution < -0.4 is 0 Å². The molecule has 0 spiro atoms. The van der Waals surface area contributed by atoms with Crippen molar-refractivity contribution >= 4 is 0 Å². The fourth-order valence-electron chi connectivity index (χ4n) is 3.27. The van der Waals surface area contributed by atoms with E-state index in [1.165, 1.54) is 0 Å². The normalized spacial score (nSPS) is 33.7. The molecular formula is C13H13F7N2O. The summed E-state index contributed by atoms with van der Waals surface area (Å²) in [4.78, 5) is 0. The van der Waals surface area contributed by atoms with Gasteiger partial charge in [0.2, 0.25) is 0 Å². The molecule has 1 N–H and O–H groups in total. The second kappa shape index (κ2) is 5.09. The molecule has 0 bridgehead atoms. The van der Waals surface area contributed by atoms with Gasteiger partial charge in [-0.15, -0.1) is 0 Å². The quantitative estimate of drug-likeness (QED) is 0.790. The van der Waals surface area contributed by atoms with Gasteiger partial charge in [0.1, 0.15) is 18.4 Å². The Bertz CT molecular complexity index is 612. The van der Waals surface area contributed by atoms with Crippen molar-refractivity contribution in [3.63, 3.8) is 0 Å². The third-order valence-electron chi connectivity index (χ3n) is 4.41. The molecule has 0 aromatic carbocycles. The van der Waals surface area contributed by atoms with Gasteiger partial charge in [-0.25, -0.2) is 17.6 Å². The molecular weight excluding hydrogens is 333 g/mol. The zero-order valence-corrected chi connectivity index (χ0v) is 11.6. The predicted octanol–water partition coefficient (Wildman–Crippen LogP) is 3.53. The number of hydrogen-bond acceptors (Lipinski definition) is 2. The van der Waals surface area contributed by atoms with Crippen LogP contribution in [0.25, 0.3) is 0 Å². The predicted molar refractivity (Wildman–Crippen MR) is 63.5 cm³/mol. The van der Waals surface area contributed by atoms with Crippen LogP contribution in [0.1, 0.15) is 48.4 Å². The van der Waals surface area contributed by atoms with Gasteiger partial charge < -0.3 is 5.11 Å². The van der Waals surface area contributed by atoms with E-state index in [0.29, 0.717) is 4.68 Å². The van der Waals surface area contributed by atoms with Crippen LogP contribution in [0.15, 0.2) is 0 Å². The Hall–Kier alpha value is -1.32. The fourth-order valence-corrected chi connectivity index (χ4v) is 3.27. The van der Waals surface area contributed by atoms with Crippen molar-refractivity contribution in [1.29, 1.82) is 0 Å². The van der Waals surface area contributed by atoms with Crippen LogP contribution in [0, 0.1) is 0 Å². The molecule has 1 heterocycles. The van der Waals surface area contributed by atoms with Gasteiger partial charge in [-0.2, -0.15) is 18.3 Å². The van der Waals surface area contributed by atoms with Crippen molar-refractivity contribution in [3.05, 3.63) is 17.0 Å². The number of fused-ring (bicyclic) bond motifs is 1. The standard InChI is InChI=1S/C13H13F7N2O/c14-6-2-1-5(3-7(6)15)22-8-4-12(16,17)11(23)9(8)10(21-22)13(18,19)20/h5-7,11,23H,1-4H2/t5-,6+,7-,11+/m1/s1. The van der Waals surface area contributed by atoms with Crippen molar-refractivity contribution in [2.45, 2.75) is 62.3 Å². The molecule has 10 heteroatoms. The second-order valence-corrected chi connectivity index (χ2v) is 5.99. The summed E-state index contributed by atoms with van der Waals surface area (Å²) < 4.78 is 93.7. The fraction of sp³-hybridized carbons (Fsp3) is 0.769. The van der Waals surface area contributed by atoms with Gasteiger partial charge in [-0.3, -0.25) is 4.68 Å². The van der Waals surface area contributed by atoms with Gasteiger partial charge >= 0.3 is 6.18 Å². The summed E-state index contributed by atoms with van der Waals surface area (Å²) >= 11 is 0. The number of aliphatic hydroxyl groups excluding tert-OH is 1. The molecule has 0 unspecified atom stereocenters. The van der Waals surface area contributed by atoms with E-state index in [1.54, 1.807) is 0 Å². The lowest BCUT2D eigenvalue weighted by molar-refractivity contribution is -0.146. The molecule has 130 valence electrons. The Labute approximate surface area is 126 Å². The van der Waals surface area contributed by atoms with Crippen LogP contribution in [0.3, 0.4) is 0 Å². The number of aromatic nitrogens is 2. The Morgan fingerprint density at radius 1 is 1.13 bits per heavy atom. The average molecular weight is 346 g/mol. The van der Waals surface area contributed by atoms with Gasteiger partial charge in [0, 0.05) is 12.0 Å². The van der Waals surface area contributed by atoms with Gasteiger partial charge in [0.15, 0.2) is 5.69 Å². The van der Waals surface area contributed by atoms with E-state index in [2.05, 4.69) is 5.10 Å². The molecule has 0 saturated heterocycles. The largest absolute Gasteiger partial charge is 0.435 e. The summed E-state index contributed by atoms with van der Waals surface area (Å²) in [5, 5.41) is 12.8. The molecule has 1 fully saturated rings. The first-order chi connectivity index (χ1) is 10.5. The minimum absolute atomic E-state index is 0.00529. The summed E-state index contributed by atoms with van der Waals surface area (Å²) in [7, 11) is 0. The molecule has 2 aliphatic carbocycles. The lowest BCUT2D eigenvalue weighted by Crippen LogP contribution is -2.31. The van der Waals surface area contributed by atoms with E-state index in [9.17, 15) is 35.8 Å². The molecule has 3 nitrogen and oxygen atoms in total. The van der Waals surface area contributed by atoms with Crippen molar-refractivity contribution in [2.24, 2.45) is 0 Å². The number of rotatable bonds is 1. The second-order valence-electron chi connectivity index (χ2n) is 5.99. The number of halogens is 7. The molecule has 0 aliphatic heterocycles. The molecule has 0 radical (unpaired) electrons. The zero-order chi connectivity index (χ0) is 17.2. The van der Waals surface area contributed by atoms with Crippen molar-refractivity contribution in [2.75, 3.05) is 0 Å². The highest BCUT2D eigenvalue weighted by Crippen LogP contribution is 2.49. The summed E-state index contributed by atoms with van der Waals surface area (Å²) in [6, 6.07) is -0.942. The maximum atomic E-state index is 13.6. The molecule has 3 rings (SSSR count). The van der Waals surface area contributed by atoms with Gasteiger partial charge in [0.05, 0.1) is 18.2 Å². The highest BCUT2D eigenvalue weighted by Gasteiger charge is 2.55. The smallest absolute Gasteiger partial charge is 0.382 e. The highest BCUT2D eigenvalue weighted by molar-refractivity contribution is 5.38. The molecule has 1 saturated carbocycles. The van der Waals surface area contributed by atoms with Crippen LogP contribution in [-0.4, -0.2) is 33.2 Å². The Balaban J connectivity index is 2.05. The van der Waals surface area contributed by atoms with E-state index in [4.69, 9.17) is 0 Å². The van der Waals surface area contributed by atoms with Crippen LogP contribution in [0.5, 0.6) is 0 Å². The monoisotopic (exact) mass is 346 g/mol. The lowest BCUT2D eigenvalue weighted by atomic mass is 9.92. The number of aliphatic hydroxyl groups is 1. The molecule has 2 aliphatic rings. The first-order valence-corrected chi connectivity index (χ1v) is 7.05. The van der Waals surface area contributed by atoms with Gasteiger partial charge in [-0.05, 0) is 12.8 Å². The first-order valence-electron chi connectivity index (χ1n) is 7.05. The summed E-state index contributed by atoms with van der Waals surface area (Å²) in [6.45, 7) is 0. The third-order valence-corrected chi connectivity index (χ3v) is 4.41. The minimum Gasteiger partial charge on any atom is -0.382 e.